The van der Waals surface area contributed by atoms with Gasteiger partial charge in [0.15, 0.2) is 0 Å². The van der Waals surface area contributed by atoms with E-state index in [1.165, 1.54) is 0 Å². The van der Waals surface area contributed by atoms with Gasteiger partial charge in [-0.05, 0) is 0 Å². The number of ether oxygens (including phenoxy) is 3. The van der Waals surface area contributed by atoms with E-state index in [0.717, 1.165) is 13.0 Å². The van der Waals surface area contributed by atoms with Crippen LogP contribution in [-0.2, 0) is 14.2 Å². The second-order valence-corrected chi connectivity index (χ2v) is 3.72. The second kappa shape index (κ2) is 1.05. The Labute approximate surface area is 58.2 Å². The molecule has 1 spiro atoms. The number of epoxide rings is 3. The van der Waals surface area contributed by atoms with Gasteiger partial charge < -0.3 is 14.2 Å². The molecule has 3 heterocycles. The summed E-state index contributed by atoms with van der Waals surface area (Å²) in [7, 11) is 0. The van der Waals surface area contributed by atoms with Crippen LogP contribution >= 0.6 is 0 Å². The maximum Gasteiger partial charge on any atom is 0.123 e. The van der Waals surface area contributed by atoms with Crippen LogP contribution in [0, 0.1) is 0 Å². The fraction of sp³-hybridized carbons (Fsp3) is 1.00. The van der Waals surface area contributed by atoms with E-state index in [1.807, 2.05) is 0 Å². The van der Waals surface area contributed by atoms with Gasteiger partial charge in [0, 0.05) is 6.42 Å². The van der Waals surface area contributed by atoms with Gasteiger partial charge in [-0.15, -0.1) is 0 Å². The molecule has 3 nitrogen and oxygen atoms in total. The summed E-state index contributed by atoms with van der Waals surface area (Å²) in [6.07, 6.45) is 2.81. The van der Waals surface area contributed by atoms with E-state index in [2.05, 4.69) is 0 Å². The quantitative estimate of drug-likeness (QED) is 0.433. The molecular formula is C7H8O3. The van der Waals surface area contributed by atoms with E-state index in [1.54, 1.807) is 0 Å². The minimum Gasteiger partial charge on any atom is -0.367 e. The van der Waals surface area contributed by atoms with E-state index in [0.29, 0.717) is 24.4 Å². The van der Waals surface area contributed by atoms with E-state index in [-0.39, 0.29) is 5.60 Å². The predicted molar refractivity (Wildman–Crippen MR) is 30.6 cm³/mol. The Morgan fingerprint density at radius 1 is 1.20 bits per heavy atom. The first-order valence-electron chi connectivity index (χ1n) is 3.84. The molecule has 5 unspecified atom stereocenters. The molecule has 0 radical (unpaired) electrons. The summed E-state index contributed by atoms with van der Waals surface area (Å²) in [6.45, 7) is 0.904. The first-order valence-corrected chi connectivity index (χ1v) is 3.84. The van der Waals surface area contributed by atoms with E-state index in [9.17, 15) is 0 Å². The van der Waals surface area contributed by atoms with Gasteiger partial charge in [0.2, 0.25) is 0 Å². The van der Waals surface area contributed by atoms with Gasteiger partial charge >= 0.3 is 0 Å². The maximum atomic E-state index is 5.46. The highest BCUT2D eigenvalue weighted by atomic mass is 16.7. The number of hydrogen-bond donors (Lipinski definition) is 0. The Hall–Kier alpha value is -0.120. The monoisotopic (exact) mass is 140 g/mol. The first kappa shape index (κ1) is 4.70. The van der Waals surface area contributed by atoms with Crippen LogP contribution in [-0.4, -0.2) is 36.6 Å². The van der Waals surface area contributed by atoms with Crippen molar-refractivity contribution >= 4 is 0 Å². The van der Waals surface area contributed by atoms with Crippen LogP contribution < -0.4 is 0 Å². The average Bonchev–Trinajstić information content (AvgIpc) is 2.68. The van der Waals surface area contributed by atoms with E-state index < -0.39 is 0 Å². The van der Waals surface area contributed by atoms with Crippen LogP contribution in [0.1, 0.15) is 6.42 Å². The molecule has 3 saturated heterocycles. The van der Waals surface area contributed by atoms with Gasteiger partial charge in [-0.25, -0.2) is 0 Å². The topological polar surface area (TPSA) is 37.6 Å². The fourth-order valence-corrected chi connectivity index (χ4v) is 2.24. The molecular weight excluding hydrogens is 132 g/mol. The minimum absolute atomic E-state index is 0.127. The minimum atomic E-state index is 0.127. The van der Waals surface area contributed by atoms with Crippen molar-refractivity contribution in [3.05, 3.63) is 0 Å². The third-order valence-electron chi connectivity index (χ3n) is 3.05. The van der Waals surface area contributed by atoms with Crippen molar-refractivity contribution in [2.45, 2.75) is 36.4 Å². The van der Waals surface area contributed by atoms with Crippen molar-refractivity contribution < 1.29 is 14.2 Å². The summed E-state index contributed by atoms with van der Waals surface area (Å²) in [5, 5.41) is 0. The highest BCUT2D eigenvalue weighted by Gasteiger charge is 2.75. The number of fused-ring (bicyclic) bond motifs is 4. The Kier molecular flexibility index (Phi) is 0.495. The van der Waals surface area contributed by atoms with Crippen molar-refractivity contribution in [3.63, 3.8) is 0 Å². The summed E-state index contributed by atoms with van der Waals surface area (Å²) in [4.78, 5) is 0. The normalized spacial score (nSPS) is 74.4. The zero-order valence-electron chi connectivity index (χ0n) is 5.45. The molecule has 4 aliphatic rings. The third-order valence-corrected chi connectivity index (χ3v) is 3.05. The zero-order chi connectivity index (χ0) is 6.34. The van der Waals surface area contributed by atoms with Gasteiger partial charge in [0.25, 0.3) is 0 Å². The Bertz CT molecular complexity index is 211. The fourth-order valence-electron chi connectivity index (χ4n) is 2.24. The molecule has 1 aliphatic carbocycles. The van der Waals surface area contributed by atoms with Gasteiger partial charge in [0.05, 0.1) is 12.7 Å². The average molecular weight is 140 g/mol. The van der Waals surface area contributed by atoms with Gasteiger partial charge in [0.1, 0.15) is 23.9 Å². The van der Waals surface area contributed by atoms with Crippen LogP contribution in [0.25, 0.3) is 0 Å². The highest BCUT2D eigenvalue weighted by Crippen LogP contribution is 2.58. The lowest BCUT2D eigenvalue weighted by atomic mass is 9.90. The Morgan fingerprint density at radius 2 is 2.10 bits per heavy atom. The van der Waals surface area contributed by atoms with Crippen LogP contribution in [0.4, 0.5) is 0 Å². The Morgan fingerprint density at radius 3 is 2.90 bits per heavy atom. The molecule has 1 saturated carbocycles. The highest BCUT2D eigenvalue weighted by molar-refractivity contribution is 5.22. The summed E-state index contributed by atoms with van der Waals surface area (Å²) in [6, 6.07) is 0. The molecule has 3 aliphatic heterocycles. The standard InChI is InChI=1S/C7H8O3/c1-3-4(9-3)5-6(10-5)7(1)2-8-7/h3-6H,1-2H2. The summed E-state index contributed by atoms with van der Waals surface area (Å²) < 4.78 is 16.2. The second-order valence-electron chi connectivity index (χ2n) is 3.72. The molecule has 0 aromatic carbocycles. The SMILES string of the molecule is C1OC12CC1OC1C1OC12. The summed E-state index contributed by atoms with van der Waals surface area (Å²) in [5.41, 5.74) is 0.127. The molecule has 0 aromatic heterocycles. The summed E-state index contributed by atoms with van der Waals surface area (Å²) >= 11 is 0. The molecule has 0 aromatic rings. The maximum absolute atomic E-state index is 5.46. The van der Waals surface area contributed by atoms with Gasteiger partial charge in [-0.3, -0.25) is 0 Å². The molecule has 4 rings (SSSR count). The smallest absolute Gasteiger partial charge is 0.123 e. The van der Waals surface area contributed by atoms with Crippen LogP contribution in [0.3, 0.4) is 0 Å². The van der Waals surface area contributed by atoms with E-state index >= 15 is 0 Å². The zero-order valence-corrected chi connectivity index (χ0v) is 5.45. The molecule has 5 atom stereocenters. The molecule has 10 heavy (non-hydrogen) atoms. The van der Waals surface area contributed by atoms with Gasteiger partial charge in [-0.1, -0.05) is 0 Å². The lowest BCUT2D eigenvalue weighted by Gasteiger charge is -2.08. The lowest BCUT2D eigenvalue weighted by molar-refractivity contribution is 0.204. The lowest BCUT2D eigenvalue weighted by Crippen LogP contribution is -2.30. The summed E-state index contributed by atoms with van der Waals surface area (Å²) in [5.74, 6) is 0. The number of rotatable bonds is 0. The largest absolute Gasteiger partial charge is 0.367 e. The van der Waals surface area contributed by atoms with Crippen LogP contribution in [0.2, 0.25) is 0 Å². The molecule has 0 N–H and O–H groups in total. The van der Waals surface area contributed by atoms with Crippen molar-refractivity contribution in [1.29, 1.82) is 0 Å². The van der Waals surface area contributed by atoms with Crippen molar-refractivity contribution in [2.75, 3.05) is 6.61 Å². The molecule has 0 amide bonds. The van der Waals surface area contributed by atoms with E-state index in [4.69, 9.17) is 14.2 Å². The molecule has 0 bridgehead atoms. The van der Waals surface area contributed by atoms with Crippen molar-refractivity contribution in [1.82, 2.24) is 0 Å². The third kappa shape index (κ3) is 0.367. The van der Waals surface area contributed by atoms with Crippen LogP contribution in [0.15, 0.2) is 0 Å². The van der Waals surface area contributed by atoms with Crippen molar-refractivity contribution in [2.24, 2.45) is 0 Å². The molecule has 54 valence electrons. The predicted octanol–water partition coefficient (Wildman–Crippen LogP) is -0.306. The molecule has 4 fully saturated rings. The van der Waals surface area contributed by atoms with Gasteiger partial charge in [-0.2, -0.15) is 0 Å². The number of hydrogen-bond acceptors (Lipinski definition) is 3. The van der Waals surface area contributed by atoms with Crippen LogP contribution in [0.5, 0.6) is 0 Å². The first-order chi connectivity index (χ1) is 4.89. The van der Waals surface area contributed by atoms with Crippen molar-refractivity contribution in [3.8, 4) is 0 Å². The molecule has 3 heteroatoms. The Balaban J connectivity index is 1.77.